The van der Waals surface area contributed by atoms with Gasteiger partial charge in [0.15, 0.2) is 6.10 Å². The van der Waals surface area contributed by atoms with Crippen LogP contribution >= 0.6 is 0 Å². The lowest BCUT2D eigenvalue weighted by molar-refractivity contribution is -0.166. The van der Waals surface area contributed by atoms with Crippen molar-refractivity contribution < 1.29 is 25.2 Å². The van der Waals surface area contributed by atoms with Crippen LogP contribution in [0.1, 0.15) is 0 Å². The van der Waals surface area contributed by atoms with Crippen LogP contribution in [-0.2, 0) is 4.79 Å². The fourth-order valence-corrected chi connectivity index (χ4v) is 1.29. The van der Waals surface area contributed by atoms with E-state index in [-0.39, 0.29) is 19.7 Å². The topological polar surface area (TPSA) is 101 Å². The van der Waals surface area contributed by atoms with Crippen LogP contribution in [0.15, 0.2) is 0 Å². The minimum Gasteiger partial charge on any atom is -0.395 e. The van der Waals surface area contributed by atoms with Crippen molar-refractivity contribution >= 4 is 5.91 Å². The van der Waals surface area contributed by atoms with Gasteiger partial charge in [0, 0.05) is 13.1 Å². The molecule has 0 aromatic heterocycles. The largest absolute Gasteiger partial charge is 0.395 e. The Bertz CT molecular complexity index is 197. The SMILES string of the molecule is O=C1[C@@H](O)[C@H](O)[C@H](O)CN1CCO. The van der Waals surface area contributed by atoms with Gasteiger partial charge in [-0.2, -0.15) is 0 Å². The van der Waals surface area contributed by atoms with Crippen molar-refractivity contribution in [2.75, 3.05) is 19.7 Å². The van der Waals surface area contributed by atoms with Crippen LogP contribution in [0.4, 0.5) is 0 Å². The Morgan fingerprint density at radius 1 is 1.38 bits per heavy atom. The Balaban J connectivity index is 2.65. The second-order valence-corrected chi connectivity index (χ2v) is 3.01. The number of hydrogen-bond acceptors (Lipinski definition) is 5. The highest BCUT2D eigenvalue weighted by molar-refractivity contribution is 5.82. The molecule has 1 saturated heterocycles. The van der Waals surface area contributed by atoms with Crippen LogP contribution in [0.25, 0.3) is 0 Å². The molecule has 0 saturated carbocycles. The third kappa shape index (κ3) is 1.97. The summed E-state index contributed by atoms with van der Waals surface area (Å²) < 4.78 is 0. The zero-order valence-corrected chi connectivity index (χ0v) is 7.00. The first-order chi connectivity index (χ1) is 6.07. The van der Waals surface area contributed by atoms with Crippen molar-refractivity contribution in [3.8, 4) is 0 Å². The highest BCUT2D eigenvalue weighted by Crippen LogP contribution is 2.12. The van der Waals surface area contributed by atoms with Gasteiger partial charge in [0.1, 0.15) is 12.2 Å². The summed E-state index contributed by atoms with van der Waals surface area (Å²) >= 11 is 0. The minimum absolute atomic E-state index is 0.0552. The summed E-state index contributed by atoms with van der Waals surface area (Å²) in [5.41, 5.74) is 0. The zero-order valence-electron chi connectivity index (χ0n) is 7.00. The van der Waals surface area contributed by atoms with E-state index in [0.29, 0.717) is 0 Å². The molecule has 1 rings (SSSR count). The molecule has 0 bridgehead atoms. The molecule has 76 valence electrons. The van der Waals surface area contributed by atoms with Crippen molar-refractivity contribution in [2.45, 2.75) is 18.3 Å². The Labute approximate surface area is 75.0 Å². The number of aliphatic hydroxyl groups excluding tert-OH is 4. The number of β-amino-alcohol motifs (C(OH)–C–C–N with tert-alkyl or cyclic N) is 2. The van der Waals surface area contributed by atoms with E-state index in [9.17, 15) is 9.90 Å². The number of piperidine rings is 1. The van der Waals surface area contributed by atoms with Gasteiger partial charge in [-0.05, 0) is 0 Å². The first-order valence-corrected chi connectivity index (χ1v) is 4.01. The van der Waals surface area contributed by atoms with Crippen LogP contribution < -0.4 is 0 Å². The van der Waals surface area contributed by atoms with E-state index >= 15 is 0 Å². The number of aliphatic hydroxyl groups is 4. The Hall–Kier alpha value is -0.690. The number of carbonyl (C=O) groups excluding carboxylic acids is 1. The molecule has 0 unspecified atom stereocenters. The summed E-state index contributed by atoms with van der Waals surface area (Å²) in [6.45, 7) is -0.238. The first-order valence-electron chi connectivity index (χ1n) is 4.01. The molecule has 4 N–H and O–H groups in total. The molecular formula is C7H13NO5. The zero-order chi connectivity index (χ0) is 10.0. The van der Waals surface area contributed by atoms with E-state index in [2.05, 4.69) is 0 Å². The van der Waals surface area contributed by atoms with Crippen LogP contribution in [0.2, 0.25) is 0 Å². The smallest absolute Gasteiger partial charge is 0.254 e. The number of amides is 1. The first kappa shape index (κ1) is 10.4. The van der Waals surface area contributed by atoms with Gasteiger partial charge in [-0.3, -0.25) is 4.79 Å². The van der Waals surface area contributed by atoms with Crippen molar-refractivity contribution in [1.29, 1.82) is 0 Å². The molecule has 1 aliphatic heterocycles. The predicted molar refractivity (Wildman–Crippen MR) is 41.7 cm³/mol. The molecule has 3 atom stereocenters. The molecule has 0 radical (unpaired) electrons. The maximum Gasteiger partial charge on any atom is 0.254 e. The van der Waals surface area contributed by atoms with Crippen LogP contribution in [0.3, 0.4) is 0 Å². The molecule has 0 aromatic rings. The number of nitrogens with zero attached hydrogens (tertiary/aromatic N) is 1. The quantitative estimate of drug-likeness (QED) is 0.370. The number of likely N-dealkylation sites (tertiary alicyclic amines) is 1. The predicted octanol–water partition coefficient (Wildman–Crippen LogP) is -3.10. The van der Waals surface area contributed by atoms with E-state index in [0.717, 1.165) is 4.90 Å². The molecule has 1 amide bonds. The number of rotatable bonds is 2. The Kier molecular flexibility index (Phi) is 3.21. The van der Waals surface area contributed by atoms with Crippen LogP contribution in [-0.4, -0.2) is 69.2 Å². The third-order valence-corrected chi connectivity index (χ3v) is 2.06. The van der Waals surface area contributed by atoms with Crippen molar-refractivity contribution in [3.05, 3.63) is 0 Å². The minimum atomic E-state index is -1.59. The normalized spacial score (nSPS) is 35.2. The molecule has 0 spiro atoms. The van der Waals surface area contributed by atoms with Gasteiger partial charge < -0.3 is 25.3 Å². The lowest BCUT2D eigenvalue weighted by Crippen LogP contribution is -2.59. The molecular weight excluding hydrogens is 178 g/mol. The summed E-state index contributed by atoms with van der Waals surface area (Å²) in [6, 6.07) is 0. The third-order valence-electron chi connectivity index (χ3n) is 2.06. The van der Waals surface area contributed by atoms with Gasteiger partial charge in [0.2, 0.25) is 0 Å². The van der Waals surface area contributed by atoms with Crippen molar-refractivity contribution in [2.24, 2.45) is 0 Å². The van der Waals surface area contributed by atoms with Gasteiger partial charge in [-0.15, -0.1) is 0 Å². The second kappa shape index (κ2) is 4.01. The average molecular weight is 191 g/mol. The molecule has 6 heteroatoms. The molecule has 13 heavy (non-hydrogen) atoms. The summed E-state index contributed by atoms with van der Waals surface area (Å²) in [4.78, 5) is 12.3. The van der Waals surface area contributed by atoms with Crippen molar-refractivity contribution in [3.63, 3.8) is 0 Å². The molecule has 0 aliphatic carbocycles. The fraction of sp³-hybridized carbons (Fsp3) is 0.857. The molecule has 1 aliphatic rings. The maximum atomic E-state index is 11.2. The van der Waals surface area contributed by atoms with E-state index in [4.69, 9.17) is 15.3 Å². The number of carbonyl (C=O) groups is 1. The lowest BCUT2D eigenvalue weighted by Gasteiger charge is -2.35. The lowest BCUT2D eigenvalue weighted by atomic mass is 10.0. The van der Waals surface area contributed by atoms with E-state index in [1.807, 2.05) is 0 Å². The van der Waals surface area contributed by atoms with Gasteiger partial charge in [-0.1, -0.05) is 0 Å². The Morgan fingerprint density at radius 2 is 2.00 bits per heavy atom. The van der Waals surface area contributed by atoms with E-state index < -0.39 is 24.2 Å². The Morgan fingerprint density at radius 3 is 2.54 bits per heavy atom. The number of hydrogen-bond donors (Lipinski definition) is 4. The van der Waals surface area contributed by atoms with E-state index in [1.54, 1.807) is 0 Å². The van der Waals surface area contributed by atoms with E-state index in [1.165, 1.54) is 0 Å². The molecule has 1 fully saturated rings. The highest BCUT2D eigenvalue weighted by atomic mass is 16.4. The maximum absolute atomic E-state index is 11.2. The molecule has 6 nitrogen and oxygen atoms in total. The standard InChI is InChI=1S/C7H13NO5/c9-2-1-8-3-4(10)5(11)6(12)7(8)13/h4-6,9-12H,1-3H2/t4-,5-,6+/m1/s1. The fourth-order valence-electron chi connectivity index (χ4n) is 1.29. The van der Waals surface area contributed by atoms with Crippen LogP contribution in [0.5, 0.6) is 0 Å². The summed E-state index contributed by atoms with van der Waals surface area (Å²) in [6.07, 6.45) is -4.17. The average Bonchev–Trinajstić information content (AvgIpc) is 2.11. The summed E-state index contributed by atoms with van der Waals surface area (Å²) in [7, 11) is 0. The summed E-state index contributed by atoms with van der Waals surface area (Å²) in [5.74, 6) is -0.660. The van der Waals surface area contributed by atoms with Gasteiger partial charge in [0.05, 0.1) is 6.61 Å². The van der Waals surface area contributed by atoms with Crippen molar-refractivity contribution in [1.82, 2.24) is 4.90 Å². The monoisotopic (exact) mass is 191 g/mol. The van der Waals surface area contributed by atoms with Gasteiger partial charge in [0.25, 0.3) is 5.91 Å². The van der Waals surface area contributed by atoms with Gasteiger partial charge in [-0.25, -0.2) is 0 Å². The van der Waals surface area contributed by atoms with Gasteiger partial charge >= 0.3 is 0 Å². The summed E-state index contributed by atoms with van der Waals surface area (Å²) in [5, 5.41) is 36.0. The second-order valence-electron chi connectivity index (χ2n) is 3.01. The molecule has 1 heterocycles. The highest BCUT2D eigenvalue weighted by Gasteiger charge is 2.39. The van der Waals surface area contributed by atoms with Crippen LogP contribution in [0, 0.1) is 0 Å². The molecule has 0 aromatic carbocycles.